The molecule has 0 radical (unpaired) electrons. The van der Waals surface area contributed by atoms with E-state index in [1.54, 1.807) is 0 Å². The molecule has 0 aromatic rings. The molecule has 0 spiro atoms. The third-order valence-corrected chi connectivity index (χ3v) is 2.82. The molecular formula is C9H18N2O. The van der Waals surface area contributed by atoms with E-state index < -0.39 is 6.03 Å². The molecule has 1 aliphatic carbocycles. The smallest absolute Gasteiger partial charge is 0.312 e. The lowest BCUT2D eigenvalue weighted by molar-refractivity contribution is 0.169. The summed E-state index contributed by atoms with van der Waals surface area (Å²) < 4.78 is 0. The first-order valence-corrected chi connectivity index (χ1v) is 4.58. The van der Waals surface area contributed by atoms with Crippen LogP contribution in [0.2, 0.25) is 0 Å². The lowest BCUT2D eigenvalue weighted by atomic mass is 9.73. The lowest BCUT2D eigenvalue weighted by Gasteiger charge is -2.38. The van der Waals surface area contributed by atoms with Gasteiger partial charge in [-0.15, -0.1) is 0 Å². The molecule has 0 heterocycles. The van der Waals surface area contributed by atoms with Crippen LogP contribution in [0.1, 0.15) is 39.5 Å². The van der Waals surface area contributed by atoms with Crippen LogP contribution >= 0.6 is 0 Å². The zero-order valence-electron chi connectivity index (χ0n) is 7.89. The molecule has 0 saturated heterocycles. The van der Waals surface area contributed by atoms with Gasteiger partial charge >= 0.3 is 6.03 Å². The highest BCUT2D eigenvalue weighted by Crippen LogP contribution is 2.35. The van der Waals surface area contributed by atoms with Crippen LogP contribution in [0.3, 0.4) is 0 Å². The first-order valence-electron chi connectivity index (χ1n) is 4.58. The van der Waals surface area contributed by atoms with Crippen molar-refractivity contribution in [1.82, 2.24) is 5.32 Å². The Kier molecular flexibility index (Phi) is 2.60. The third kappa shape index (κ3) is 2.13. The van der Waals surface area contributed by atoms with E-state index in [0.717, 1.165) is 6.42 Å². The molecule has 1 atom stereocenters. The van der Waals surface area contributed by atoms with Gasteiger partial charge in [0.05, 0.1) is 0 Å². The fourth-order valence-electron chi connectivity index (χ4n) is 1.93. The van der Waals surface area contributed by atoms with E-state index in [1.807, 2.05) is 0 Å². The van der Waals surface area contributed by atoms with E-state index in [4.69, 9.17) is 5.73 Å². The maximum Gasteiger partial charge on any atom is 0.312 e. The van der Waals surface area contributed by atoms with Crippen LogP contribution in [0, 0.1) is 5.41 Å². The van der Waals surface area contributed by atoms with Crippen LogP contribution in [-0.4, -0.2) is 12.1 Å². The zero-order valence-corrected chi connectivity index (χ0v) is 7.89. The zero-order chi connectivity index (χ0) is 9.19. The second-order valence-corrected chi connectivity index (χ2v) is 4.30. The minimum absolute atomic E-state index is 0.216. The maximum atomic E-state index is 10.7. The summed E-state index contributed by atoms with van der Waals surface area (Å²) in [6.07, 6.45) is 4.71. The molecule has 0 bridgehead atoms. The Bertz CT molecular complexity index is 177. The Labute approximate surface area is 73.7 Å². The van der Waals surface area contributed by atoms with Gasteiger partial charge < -0.3 is 11.1 Å². The van der Waals surface area contributed by atoms with E-state index in [9.17, 15) is 4.79 Å². The van der Waals surface area contributed by atoms with Gasteiger partial charge in [0, 0.05) is 6.04 Å². The van der Waals surface area contributed by atoms with Crippen LogP contribution in [0.25, 0.3) is 0 Å². The van der Waals surface area contributed by atoms with Gasteiger partial charge in [-0.1, -0.05) is 26.7 Å². The van der Waals surface area contributed by atoms with Crippen LogP contribution in [-0.2, 0) is 0 Å². The molecule has 2 amide bonds. The summed E-state index contributed by atoms with van der Waals surface area (Å²) >= 11 is 0. The second kappa shape index (κ2) is 3.33. The topological polar surface area (TPSA) is 55.1 Å². The summed E-state index contributed by atoms with van der Waals surface area (Å²) in [7, 11) is 0. The van der Waals surface area contributed by atoms with Crippen molar-refractivity contribution < 1.29 is 4.79 Å². The predicted octanol–water partition coefficient (Wildman–Crippen LogP) is 1.62. The van der Waals surface area contributed by atoms with Crippen molar-refractivity contribution >= 4 is 6.03 Å². The predicted molar refractivity (Wildman–Crippen MR) is 48.8 cm³/mol. The number of nitrogens with one attached hydrogen (secondary N) is 1. The van der Waals surface area contributed by atoms with Gasteiger partial charge in [0.25, 0.3) is 0 Å². The van der Waals surface area contributed by atoms with E-state index in [2.05, 4.69) is 19.2 Å². The Morgan fingerprint density at radius 1 is 1.50 bits per heavy atom. The number of carbonyl (C=O) groups is 1. The molecule has 3 N–H and O–H groups in total. The first kappa shape index (κ1) is 9.36. The standard InChI is InChI=1S/C9H18N2O/c1-9(2)6-4-3-5-7(9)11-8(10)12/h7H,3-6H2,1-2H3,(H3,10,11,12). The highest BCUT2D eigenvalue weighted by molar-refractivity contribution is 5.72. The molecule has 3 nitrogen and oxygen atoms in total. The summed E-state index contributed by atoms with van der Waals surface area (Å²) in [5.41, 5.74) is 5.31. The van der Waals surface area contributed by atoms with Gasteiger partial charge in [-0.05, 0) is 18.3 Å². The number of amides is 2. The fraction of sp³-hybridized carbons (Fsp3) is 0.889. The number of primary amides is 1. The average molecular weight is 170 g/mol. The molecular weight excluding hydrogens is 152 g/mol. The molecule has 0 aliphatic heterocycles. The number of urea groups is 1. The highest BCUT2D eigenvalue weighted by atomic mass is 16.2. The van der Waals surface area contributed by atoms with Crippen molar-refractivity contribution in [2.24, 2.45) is 11.1 Å². The lowest BCUT2D eigenvalue weighted by Crippen LogP contribution is -2.48. The Morgan fingerprint density at radius 3 is 2.67 bits per heavy atom. The van der Waals surface area contributed by atoms with Gasteiger partial charge in [0.1, 0.15) is 0 Å². The van der Waals surface area contributed by atoms with Crippen LogP contribution in [0.15, 0.2) is 0 Å². The minimum atomic E-state index is -0.394. The molecule has 0 aromatic carbocycles. The Hall–Kier alpha value is -0.730. The molecule has 12 heavy (non-hydrogen) atoms. The Morgan fingerprint density at radius 2 is 2.17 bits per heavy atom. The van der Waals surface area contributed by atoms with Gasteiger partial charge in [0.15, 0.2) is 0 Å². The highest BCUT2D eigenvalue weighted by Gasteiger charge is 2.32. The van der Waals surface area contributed by atoms with Gasteiger partial charge in [-0.2, -0.15) is 0 Å². The summed E-state index contributed by atoms with van der Waals surface area (Å²) in [6, 6.07) is -0.126. The normalized spacial score (nSPS) is 28.0. The van der Waals surface area contributed by atoms with Crippen molar-refractivity contribution in [2.75, 3.05) is 0 Å². The van der Waals surface area contributed by atoms with Gasteiger partial charge in [-0.25, -0.2) is 4.79 Å². The molecule has 70 valence electrons. The fourth-order valence-corrected chi connectivity index (χ4v) is 1.93. The van der Waals surface area contributed by atoms with Crippen LogP contribution in [0.5, 0.6) is 0 Å². The first-order chi connectivity index (χ1) is 5.52. The molecule has 1 aliphatic rings. The van der Waals surface area contributed by atoms with E-state index in [1.165, 1.54) is 19.3 Å². The van der Waals surface area contributed by atoms with Crippen molar-refractivity contribution in [3.63, 3.8) is 0 Å². The SMILES string of the molecule is CC1(C)CCCCC1NC(N)=O. The van der Waals surface area contributed by atoms with Gasteiger partial charge in [-0.3, -0.25) is 0 Å². The second-order valence-electron chi connectivity index (χ2n) is 4.30. The summed E-state index contributed by atoms with van der Waals surface area (Å²) in [5, 5.41) is 2.81. The average Bonchev–Trinajstić information content (AvgIpc) is 1.92. The number of carbonyl (C=O) groups excluding carboxylic acids is 1. The molecule has 1 unspecified atom stereocenters. The van der Waals surface area contributed by atoms with Gasteiger partial charge in [0.2, 0.25) is 0 Å². The Balaban J connectivity index is 2.54. The van der Waals surface area contributed by atoms with Crippen LogP contribution < -0.4 is 11.1 Å². The molecule has 1 saturated carbocycles. The molecule has 3 heteroatoms. The van der Waals surface area contributed by atoms with E-state index >= 15 is 0 Å². The number of hydrogen-bond donors (Lipinski definition) is 2. The molecule has 0 aromatic heterocycles. The van der Waals surface area contributed by atoms with Crippen molar-refractivity contribution in [3.05, 3.63) is 0 Å². The number of nitrogens with two attached hydrogens (primary N) is 1. The van der Waals surface area contributed by atoms with Crippen molar-refractivity contribution in [3.8, 4) is 0 Å². The quantitative estimate of drug-likeness (QED) is 0.617. The van der Waals surface area contributed by atoms with E-state index in [0.29, 0.717) is 0 Å². The van der Waals surface area contributed by atoms with Crippen LogP contribution in [0.4, 0.5) is 4.79 Å². The number of rotatable bonds is 1. The summed E-state index contributed by atoms with van der Waals surface area (Å²) in [4.78, 5) is 10.7. The van der Waals surface area contributed by atoms with Crippen molar-refractivity contribution in [2.45, 2.75) is 45.6 Å². The third-order valence-electron chi connectivity index (χ3n) is 2.82. The summed E-state index contributed by atoms with van der Waals surface area (Å²) in [6.45, 7) is 4.37. The van der Waals surface area contributed by atoms with E-state index in [-0.39, 0.29) is 11.5 Å². The largest absolute Gasteiger partial charge is 0.352 e. The molecule has 1 fully saturated rings. The molecule has 1 rings (SSSR count). The van der Waals surface area contributed by atoms with Crippen molar-refractivity contribution in [1.29, 1.82) is 0 Å². The summed E-state index contributed by atoms with van der Waals surface area (Å²) in [5.74, 6) is 0. The monoisotopic (exact) mass is 170 g/mol. The number of hydrogen-bond acceptors (Lipinski definition) is 1. The minimum Gasteiger partial charge on any atom is -0.352 e. The maximum absolute atomic E-state index is 10.7.